The number of hydrogen-bond donors (Lipinski definition) is 0. The SMILES string of the molecule is Cc1cc(C)nc(OCCCC(=O)N(C)C)n1. The number of aromatic nitrogens is 2. The first-order valence-corrected chi connectivity index (χ1v) is 5.64. The predicted octanol–water partition coefficient (Wildman–Crippen LogP) is 1.34. The quantitative estimate of drug-likeness (QED) is 0.725. The molecule has 0 atom stereocenters. The highest BCUT2D eigenvalue weighted by Gasteiger charge is 2.04. The van der Waals surface area contributed by atoms with E-state index in [1.165, 1.54) is 0 Å². The van der Waals surface area contributed by atoms with Crippen molar-refractivity contribution >= 4 is 5.91 Å². The molecule has 94 valence electrons. The largest absolute Gasteiger partial charge is 0.463 e. The molecular formula is C12H19N3O2. The number of amides is 1. The molecule has 0 aromatic carbocycles. The van der Waals surface area contributed by atoms with E-state index in [0.717, 1.165) is 11.4 Å². The van der Waals surface area contributed by atoms with Crippen LogP contribution >= 0.6 is 0 Å². The van der Waals surface area contributed by atoms with Crippen molar-refractivity contribution in [3.8, 4) is 6.01 Å². The van der Waals surface area contributed by atoms with Crippen LogP contribution in [-0.2, 0) is 4.79 Å². The van der Waals surface area contributed by atoms with Crippen LogP contribution in [0.4, 0.5) is 0 Å². The van der Waals surface area contributed by atoms with Gasteiger partial charge in [-0.2, -0.15) is 0 Å². The average molecular weight is 237 g/mol. The van der Waals surface area contributed by atoms with E-state index in [4.69, 9.17) is 4.74 Å². The molecule has 0 fully saturated rings. The van der Waals surface area contributed by atoms with Crippen molar-refractivity contribution in [1.29, 1.82) is 0 Å². The second-order valence-corrected chi connectivity index (χ2v) is 4.17. The monoisotopic (exact) mass is 237 g/mol. The Morgan fingerprint density at radius 3 is 2.41 bits per heavy atom. The fourth-order valence-electron chi connectivity index (χ4n) is 1.37. The summed E-state index contributed by atoms with van der Waals surface area (Å²) >= 11 is 0. The van der Waals surface area contributed by atoms with Crippen LogP contribution in [-0.4, -0.2) is 41.5 Å². The second-order valence-electron chi connectivity index (χ2n) is 4.17. The van der Waals surface area contributed by atoms with Crippen LogP contribution < -0.4 is 4.74 Å². The van der Waals surface area contributed by atoms with Gasteiger partial charge in [-0.3, -0.25) is 4.79 Å². The molecule has 1 aromatic rings. The first-order valence-electron chi connectivity index (χ1n) is 5.64. The van der Waals surface area contributed by atoms with Crippen molar-refractivity contribution in [2.45, 2.75) is 26.7 Å². The molecule has 0 spiro atoms. The number of nitrogens with zero attached hydrogens (tertiary/aromatic N) is 3. The lowest BCUT2D eigenvalue weighted by molar-refractivity contribution is -0.128. The van der Waals surface area contributed by atoms with Gasteiger partial charge in [0.2, 0.25) is 5.91 Å². The standard InChI is InChI=1S/C12H19N3O2/c1-9-8-10(2)14-12(13-9)17-7-5-6-11(16)15(3)4/h8H,5-7H2,1-4H3. The van der Waals surface area contributed by atoms with Gasteiger partial charge in [0.05, 0.1) is 6.61 Å². The molecule has 0 saturated heterocycles. The number of carbonyl (C=O) groups excluding carboxylic acids is 1. The molecule has 5 nitrogen and oxygen atoms in total. The van der Waals surface area contributed by atoms with Crippen molar-refractivity contribution in [2.24, 2.45) is 0 Å². The Morgan fingerprint density at radius 2 is 1.88 bits per heavy atom. The molecule has 5 heteroatoms. The van der Waals surface area contributed by atoms with Gasteiger partial charge in [0.1, 0.15) is 0 Å². The summed E-state index contributed by atoms with van der Waals surface area (Å²) in [5, 5.41) is 0. The third-order valence-electron chi connectivity index (χ3n) is 2.23. The molecule has 0 aliphatic heterocycles. The molecule has 0 N–H and O–H groups in total. The highest BCUT2D eigenvalue weighted by atomic mass is 16.5. The summed E-state index contributed by atoms with van der Waals surface area (Å²) in [4.78, 5) is 21.2. The van der Waals surface area contributed by atoms with Gasteiger partial charge < -0.3 is 9.64 Å². The van der Waals surface area contributed by atoms with E-state index >= 15 is 0 Å². The Bertz CT molecular complexity index is 371. The minimum Gasteiger partial charge on any atom is -0.463 e. The lowest BCUT2D eigenvalue weighted by Crippen LogP contribution is -2.21. The zero-order valence-electron chi connectivity index (χ0n) is 10.9. The minimum absolute atomic E-state index is 0.106. The summed E-state index contributed by atoms with van der Waals surface area (Å²) in [7, 11) is 3.49. The van der Waals surface area contributed by atoms with Gasteiger partial charge in [0, 0.05) is 31.9 Å². The van der Waals surface area contributed by atoms with Gasteiger partial charge in [-0.25, -0.2) is 9.97 Å². The zero-order valence-corrected chi connectivity index (χ0v) is 10.9. The van der Waals surface area contributed by atoms with E-state index in [-0.39, 0.29) is 5.91 Å². The second kappa shape index (κ2) is 6.18. The number of hydrogen-bond acceptors (Lipinski definition) is 4. The lowest BCUT2D eigenvalue weighted by Gasteiger charge is -2.10. The fraction of sp³-hybridized carbons (Fsp3) is 0.583. The topological polar surface area (TPSA) is 55.3 Å². The lowest BCUT2D eigenvalue weighted by atomic mass is 10.3. The summed E-state index contributed by atoms with van der Waals surface area (Å²) < 4.78 is 5.40. The zero-order chi connectivity index (χ0) is 12.8. The Kier molecular flexibility index (Phi) is 4.87. The smallest absolute Gasteiger partial charge is 0.316 e. The number of carbonyl (C=O) groups is 1. The molecule has 1 heterocycles. The van der Waals surface area contributed by atoms with Crippen molar-refractivity contribution in [3.63, 3.8) is 0 Å². The molecule has 0 aliphatic carbocycles. The molecule has 1 rings (SSSR count). The summed E-state index contributed by atoms with van der Waals surface area (Å²) in [6, 6.07) is 2.28. The average Bonchev–Trinajstić information content (AvgIpc) is 2.22. The van der Waals surface area contributed by atoms with Gasteiger partial charge in [-0.05, 0) is 26.3 Å². The first kappa shape index (κ1) is 13.4. The molecule has 0 bridgehead atoms. The molecule has 17 heavy (non-hydrogen) atoms. The van der Waals surface area contributed by atoms with Gasteiger partial charge in [0.15, 0.2) is 0 Å². The van der Waals surface area contributed by atoms with E-state index in [0.29, 0.717) is 25.5 Å². The number of rotatable bonds is 5. The van der Waals surface area contributed by atoms with E-state index in [1.54, 1.807) is 19.0 Å². The molecule has 0 radical (unpaired) electrons. The maximum atomic E-state index is 11.3. The van der Waals surface area contributed by atoms with Crippen molar-refractivity contribution in [3.05, 3.63) is 17.5 Å². The predicted molar refractivity (Wildman–Crippen MR) is 64.9 cm³/mol. The molecule has 1 amide bonds. The summed E-state index contributed by atoms with van der Waals surface area (Å²) in [6.45, 7) is 4.26. The fourth-order valence-corrected chi connectivity index (χ4v) is 1.37. The van der Waals surface area contributed by atoms with Gasteiger partial charge in [-0.15, -0.1) is 0 Å². The minimum atomic E-state index is 0.106. The van der Waals surface area contributed by atoms with Crippen LogP contribution in [0.3, 0.4) is 0 Å². The van der Waals surface area contributed by atoms with E-state index in [2.05, 4.69) is 9.97 Å². The Labute approximate surface area is 102 Å². The highest BCUT2D eigenvalue weighted by Crippen LogP contribution is 2.06. The molecule has 0 unspecified atom stereocenters. The van der Waals surface area contributed by atoms with Crippen LogP contribution in [0, 0.1) is 13.8 Å². The Balaban J connectivity index is 2.33. The Hall–Kier alpha value is -1.65. The van der Waals surface area contributed by atoms with Crippen LogP contribution in [0.2, 0.25) is 0 Å². The summed E-state index contributed by atoms with van der Waals surface area (Å²) in [6.07, 6.45) is 1.16. The van der Waals surface area contributed by atoms with Gasteiger partial charge in [0.25, 0.3) is 0 Å². The summed E-state index contributed by atoms with van der Waals surface area (Å²) in [5.41, 5.74) is 1.77. The third-order valence-corrected chi connectivity index (χ3v) is 2.23. The van der Waals surface area contributed by atoms with Gasteiger partial charge in [-0.1, -0.05) is 0 Å². The molecule has 0 saturated carbocycles. The summed E-state index contributed by atoms with van der Waals surface area (Å²) in [5.74, 6) is 0.106. The van der Waals surface area contributed by atoms with Crippen molar-refractivity contribution < 1.29 is 9.53 Å². The van der Waals surface area contributed by atoms with Crippen LogP contribution in [0.5, 0.6) is 6.01 Å². The van der Waals surface area contributed by atoms with Gasteiger partial charge >= 0.3 is 6.01 Å². The third kappa shape index (κ3) is 4.80. The number of ether oxygens (including phenoxy) is 1. The number of aryl methyl sites for hydroxylation is 2. The van der Waals surface area contributed by atoms with Crippen LogP contribution in [0.1, 0.15) is 24.2 Å². The Morgan fingerprint density at radius 1 is 1.29 bits per heavy atom. The van der Waals surface area contributed by atoms with E-state index < -0.39 is 0 Å². The highest BCUT2D eigenvalue weighted by molar-refractivity contribution is 5.75. The van der Waals surface area contributed by atoms with Crippen molar-refractivity contribution in [2.75, 3.05) is 20.7 Å². The van der Waals surface area contributed by atoms with E-state index in [1.807, 2.05) is 19.9 Å². The first-order chi connectivity index (χ1) is 7.99. The molecule has 0 aliphatic rings. The molecule has 1 aromatic heterocycles. The molecular weight excluding hydrogens is 218 g/mol. The van der Waals surface area contributed by atoms with E-state index in [9.17, 15) is 4.79 Å². The van der Waals surface area contributed by atoms with Crippen LogP contribution in [0.25, 0.3) is 0 Å². The maximum absolute atomic E-state index is 11.3. The van der Waals surface area contributed by atoms with Crippen molar-refractivity contribution in [1.82, 2.24) is 14.9 Å². The van der Waals surface area contributed by atoms with Crippen LogP contribution in [0.15, 0.2) is 6.07 Å². The normalized spacial score (nSPS) is 10.1. The maximum Gasteiger partial charge on any atom is 0.316 e.